The number of halogens is 3. The Labute approximate surface area is 167 Å². The number of anilines is 2. The first-order valence-corrected chi connectivity index (χ1v) is 9.53. The second-order valence-electron chi connectivity index (χ2n) is 7.39. The molecule has 0 fully saturated rings. The first-order valence-electron chi connectivity index (χ1n) is 9.53. The van der Waals surface area contributed by atoms with Crippen molar-refractivity contribution >= 4 is 17.5 Å². The van der Waals surface area contributed by atoms with E-state index in [9.17, 15) is 18.0 Å². The van der Waals surface area contributed by atoms with Crippen LogP contribution in [0.3, 0.4) is 0 Å². The molecule has 156 valence electrons. The number of amides is 1. The van der Waals surface area contributed by atoms with Gasteiger partial charge in [0.15, 0.2) is 0 Å². The van der Waals surface area contributed by atoms with Gasteiger partial charge < -0.3 is 10.1 Å². The maximum Gasteiger partial charge on any atom is 0.416 e. The molecule has 2 aromatic rings. The van der Waals surface area contributed by atoms with Crippen LogP contribution >= 0.6 is 0 Å². The number of nitrogens with zero attached hydrogens (tertiary/aromatic N) is 2. The number of benzene rings is 1. The van der Waals surface area contributed by atoms with Crippen molar-refractivity contribution in [1.29, 1.82) is 0 Å². The van der Waals surface area contributed by atoms with Gasteiger partial charge in [0, 0.05) is 18.9 Å². The Balaban J connectivity index is 2.08. The van der Waals surface area contributed by atoms with Crippen molar-refractivity contribution in [3.8, 4) is 0 Å². The minimum absolute atomic E-state index is 0.119. The third-order valence-corrected chi connectivity index (χ3v) is 4.78. The topological polar surface area (TPSA) is 54.5 Å². The lowest BCUT2D eigenvalue weighted by atomic mass is 9.96. The Morgan fingerprint density at radius 3 is 2.72 bits per heavy atom. The van der Waals surface area contributed by atoms with Crippen LogP contribution in [0.2, 0.25) is 0 Å². The average Bonchev–Trinajstić information content (AvgIpc) is 2.80. The van der Waals surface area contributed by atoms with Gasteiger partial charge in [-0.25, -0.2) is 4.79 Å². The fourth-order valence-electron chi connectivity index (χ4n) is 3.52. The molecular weight excluding hydrogens is 383 g/mol. The van der Waals surface area contributed by atoms with Gasteiger partial charge in [0.1, 0.15) is 0 Å². The van der Waals surface area contributed by atoms with E-state index in [0.29, 0.717) is 18.4 Å². The number of aryl methyl sites for hydroxylation is 1. The highest BCUT2D eigenvalue weighted by Crippen LogP contribution is 2.41. The van der Waals surface area contributed by atoms with E-state index < -0.39 is 17.8 Å². The van der Waals surface area contributed by atoms with Gasteiger partial charge in [-0.1, -0.05) is 6.07 Å². The van der Waals surface area contributed by atoms with Crippen LogP contribution in [0, 0.1) is 6.92 Å². The molecule has 0 spiro atoms. The highest BCUT2D eigenvalue weighted by molar-refractivity contribution is 5.89. The van der Waals surface area contributed by atoms with E-state index in [1.807, 2.05) is 6.07 Å². The third kappa shape index (κ3) is 4.81. The Morgan fingerprint density at radius 2 is 2.10 bits per heavy atom. The number of fused-ring (bicyclic) bond motifs is 1. The monoisotopic (exact) mass is 407 g/mol. The van der Waals surface area contributed by atoms with Crippen molar-refractivity contribution in [2.45, 2.75) is 51.9 Å². The number of alkyl halides is 3. The van der Waals surface area contributed by atoms with Crippen LogP contribution < -0.4 is 10.2 Å². The van der Waals surface area contributed by atoms with Crippen LogP contribution in [0.5, 0.6) is 0 Å². The van der Waals surface area contributed by atoms with E-state index in [1.54, 1.807) is 32.3 Å². The van der Waals surface area contributed by atoms with Crippen LogP contribution in [0.25, 0.3) is 0 Å². The molecule has 0 saturated heterocycles. The molecule has 1 aliphatic rings. The summed E-state index contributed by atoms with van der Waals surface area (Å²) in [4.78, 5) is 18.0. The fourth-order valence-corrected chi connectivity index (χ4v) is 3.52. The lowest BCUT2D eigenvalue weighted by Gasteiger charge is -2.27. The van der Waals surface area contributed by atoms with Crippen molar-refractivity contribution < 1.29 is 22.7 Å². The van der Waals surface area contributed by atoms with Crippen LogP contribution in [0.15, 0.2) is 36.7 Å². The van der Waals surface area contributed by atoms with Gasteiger partial charge in [0.2, 0.25) is 0 Å². The van der Waals surface area contributed by atoms with Gasteiger partial charge in [-0.15, -0.1) is 0 Å². The maximum absolute atomic E-state index is 13.5. The molecule has 8 heteroatoms. The van der Waals surface area contributed by atoms with Gasteiger partial charge in [-0.3, -0.25) is 9.88 Å². The second-order valence-corrected chi connectivity index (χ2v) is 7.39. The molecule has 1 aromatic carbocycles. The van der Waals surface area contributed by atoms with Gasteiger partial charge in [-0.2, -0.15) is 13.2 Å². The zero-order valence-electron chi connectivity index (χ0n) is 16.6. The standard InChI is InChI=1S/C21H24F3N3O2/c1-13(2)29-20(28)27-9-5-7-18(26-15-6-4-8-25-12-15)16-10-14(3)17(11-19(16)27)21(22,23)24/h4,6,8,10-13,18,26H,5,7,9H2,1-3H3. The quantitative estimate of drug-likeness (QED) is 0.708. The SMILES string of the molecule is Cc1cc2c(cc1C(F)(F)F)N(C(=O)OC(C)C)CCCC2Nc1cccnc1. The van der Waals surface area contributed by atoms with Crippen molar-refractivity contribution in [3.05, 3.63) is 53.3 Å². The molecule has 1 amide bonds. The molecule has 1 aliphatic heterocycles. The number of carbonyl (C=O) groups is 1. The molecule has 2 heterocycles. The summed E-state index contributed by atoms with van der Waals surface area (Å²) in [7, 11) is 0. The number of aromatic nitrogens is 1. The summed E-state index contributed by atoms with van der Waals surface area (Å²) < 4.78 is 45.9. The molecule has 3 rings (SSSR count). The largest absolute Gasteiger partial charge is 0.446 e. The zero-order chi connectivity index (χ0) is 21.2. The van der Waals surface area contributed by atoms with Gasteiger partial charge in [-0.05, 0) is 62.9 Å². The Bertz CT molecular complexity index is 869. The van der Waals surface area contributed by atoms with E-state index >= 15 is 0 Å². The predicted molar refractivity (Wildman–Crippen MR) is 105 cm³/mol. The van der Waals surface area contributed by atoms with Gasteiger partial charge >= 0.3 is 12.3 Å². The van der Waals surface area contributed by atoms with Gasteiger partial charge in [0.05, 0.1) is 29.1 Å². The Hall–Kier alpha value is -2.77. The van der Waals surface area contributed by atoms with E-state index in [-0.39, 0.29) is 29.9 Å². The summed E-state index contributed by atoms with van der Waals surface area (Å²) in [6.45, 7) is 5.13. The maximum atomic E-state index is 13.5. The number of pyridine rings is 1. The molecule has 1 aromatic heterocycles. The van der Waals surface area contributed by atoms with E-state index in [1.165, 1.54) is 17.9 Å². The summed E-state index contributed by atoms with van der Waals surface area (Å²) >= 11 is 0. The van der Waals surface area contributed by atoms with Crippen LogP contribution in [-0.2, 0) is 10.9 Å². The molecule has 5 nitrogen and oxygen atoms in total. The number of hydrogen-bond acceptors (Lipinski definition) is 4. The van der Waals surface area contributed by atoms with E-state index in [2.05, 4.69) is 10.3 Å². The minimum atomic E-state index is -4.51. The molecule has 1 N–H and O–H groups in total. The highest BCUT2D eigenvalue weighted by Gasteiger charge is 2.36. The number of hydrogen-bond donors (Lipinski definition) is 1. The summed E-state index contributed by atoms with van der Waals surface area (Å²) in [5.41, 5.74) is 0.998. The van der Waals surface area contributed by atoms with Crippen molar-refractivity contribution in [2.75, 3.05) is 16.8 Å². The van der Waals surface area contributed by atoms with Crippen molar-refractivity contribution in [1.82, 2.24) is 4.98 Å². The summed E-state index contributed by atoms with van der Waals surface area (Å²) in [5.74, 6) is 0. The average molecular weight is 407 g/mol. The normalized spacial score (nSPS) is 16.9. The number of nitrogens with one attached hydrogen (secondary N) is 1. The summed E-state index contributed by atoms with van der Waals surface area (Å²) in [6, 6.07) is 5.96. The lowest BCUT2D eigenvalue weighted by Crippen LogP contribution is -2.34. The molecule has 1 atom stereocenters. The predicted octanol–water partition coefficient (Wildman–Crippen LogP) is 5.71. The van der Waals surface area contributed by atoms with Crippen molar-refractivity contribution in [2.24, 2.45) is 0 Å². The summed E-state index contributed by atoms with van der Waals surface area (Å²) in [5, 5.41) is 3.34. The van der Waals surface area contributed by atoms with Crippen LogP contribution in [0.4, 0.5) is 29.3 Å². The minimum Gasteiger partial charge on any atom is -0.446 e. The molecule has 29 heavy (non-hydrogen) atoms. The molecular formula is C21H24F3N3O2. The zero-order valence-corrected chi connectivity index (χ0v) is 16.6. The van der Waals surface area contributed by atoms with Crippen LogP contribution in [0.1, 0.15) is 49.4 Å². The molecule has 0 saturated carbocycles. The third-order valence-electron chi connectivity index (χ3n) is 4.78. The molecule has 1 unspecified atom stereocenters. The highest BCUT2D eigenvalue weighted by atomic mass is 19.4. The Kier molecular flexibility index (Phi) is 6.00. The smallest absolute Gasteiger partial charge is 0.416 e. The van der Waals surface area contributed by atoms with Crippen molar-refractivity contribution in [3.63, 3.8) is 0 Å². The molecule has 0 bridgehead atoms. The van der Waals surface area contributed by atoms with E-state index in [4.69, 9.17) is 4.74 Å². The lowest BCUT2D eigenvalue weighted by molar-refractivity contribution is -0.138. The molecule has 0 aliphatic carbocycles. The van der Waals surface area contributed by atoms with E-state index in [0.717, 1.165) is 11.8 Å². The Morgan fingerprint density at radius 1 is 1.34 bits per heavy atom. The van der Waals surface area contributed by atoms with Gasteiger partial charge in [0.25, 0.3) is 0 Å². The first-order chi connectivity index (χ1) is 13.7. The number of carbonyl (C=O) groups excluding carboxylic acids is 1. The fraction of sp³-hybridized carbons (Fsp3) is 0.429. The summed E-state index contributed by atoms with van der Waals surface area (Å²) in [6.07, 6.45) is -0.947. The first kappa shape index (κ1) is 21.0. The number of rotatable bonds is 3. The number of ether oxygens (including phenoxy) is 1. The second kappa shape index (κ2) is 8.31. The van der Waals surface area contributed by atoms with Crippen LogP contribution in [-0.4, -0.2) is 23.7 Å². The molecule has 0 radical (unpaired) electrons.